The molecule has 0 bridgehead atoms. The summed E-state index contributed by atoms with van der Waals surface area (Å²) in [5.74, 6) is 2.29. The highest BCUT2D eigenvalue weighted by molar-refractivity contribution is 9.10. The normalized spacial score (nSPS) is 11.3. The van der Waals surface area contributed by atoms with Crippen molar-refractivity contribution in [2.75, 3.05) is 4.72 Å². The highest BCUT2D eigenvalue weighted by Gasteiger charge is 2.14. The molecule has 0 spiro atoms. The van der Waals surface area contributed by atoms with Gasteiger partial charge in [0.2, 0.25) is 5.88 Å². The molecular weight excluding hydrogens is 470 g/mol. The smallest absolute Gasteiger partial charge is 0.261 e. The van der Waals surface area contributed by atoms with Crippen molar-refractivity contribution >= 4 is 31.6 Å². The number of nitrogens with zero attached hydrogens (tertiary/aromatic N) is 4. The van der Waals surface area contributed by atoms with Crippen molar-refractivity contribution in [2.24, 2.45) is 0 Å². The number of anilines is 1. The second kappa shape index (κ2) is 8.25. The summed E-state index contributed by atoms with van der Waals surface area (Å²) in [6, 6.07) is 14.6. The van der Waals surface area contributed by atoms with Crippen LogP contribution in [0.1, 0.15) is 5.82 Å². The number of nitrogens with one attached hydrogen (secondary N) is 1. The number of hydrogen-bond acceptors (Lipinski definition) is 6. The molecule has 0 aliphatic carbocycles. The summed E-state index contributed by atoms with van der Waals surface area (Å²) in [6.45, 7) is 1.87. The number of aryl methyl sites for hydroxylation is 1. The molecule has 0 atom stereocenters. The number of rotatable bonds is 6. The molecule has 4 rings (SSSR count). The fraction of sp³-hybridized carbons (Fsp3) is 0.0500. The molecule has 2 heterocycles. The monoisotopic (exact) mass is 485 g/mol. The fourth-order valence-corrected chi connectivity index (χ4v) is 4.00. The summed E-state index contributed by atoms with van der Waals surface area (Å²) < 4.78 is 35.9. The second-order valence-electron chi connectivity index (χ2n) is 6.24. The minimum atomic E-state index is -3.68. The molecule has 0 aliphatic rings. The maximum absolute atomic E-state index is 12.5. The van der Waals surface area contributed by atoms with Crippen molar-refractivity contribution in [1.82, 2.24) is 19.5 Å². The predicted molar refractivity (Wildman–Crippen MR) is 115 cm³/mol. The zero-order valence-corrected chi connectivity index (χ0v) is 18.1. The average Bonchev–Trinajstić information content (AvgIpc) is 3.16. The zero-order valence-electron chi connectivity index (χ0n) is 15.7. The number of halogens is 1. The Morgan fingerprint density at radius 2 is 1.73 bits per heavy atom. The van der Waals surface area contributed by atoms with E-state index in [9.17, 15) is 8.42 Å². The Morgan fingerprint density at radius 3 is 2.40 bits per heavy atom. The van der Waals surface area contributed by atoms with Gasteiger partial charge in [0.15, 0.2) is 0 Å². The highest BCUT2D eigenvalue weighted by Crippen LogP contribution is 2.24. The van der Waals surface area contributed by atoms with E-state index in [-0.39, 0.29) is 4.90 Å². The van der Waals surface area contributed by atoms with E-state index in [4.69, 9.17) is 4.74 Å². The summed E-state index contributed by atoms with van der Waals surface area (Å²) in [6.07, 6.45) is 4.89. The summed E-state index contributed by atoms with van der Waals surface area (Å²) in [5, 5.41) is 0. The number of aromatic nitrogens is 4. The molecule has 0 fully saturated rings. The molecule has 4 aromatic rings. The van der Waals surface area contributed by atoms with Crippen LogP contribution in [0.3, 0.4) is 0 Å². The molecule has 2 aromatic carbocycles. The van der Waals surface area contributed by atoms with Gasteiger partial charge in [-0.3, -0.25) is 9.29 Å². The van der Waals surface area contributed by atoms with Crippen LogP contribution in [0, 0.1) is 6.92 Å². The molecule has 30 heavy (non-hydrogen) atoms. The first-order valence-electron chi connectivity index (χ1n) is 8.79. The van der Waals surface area contributed by atoms with Gasteiger partial charge in [-0.05, 0) is 55.5 Å². The van der Waals surface area contributed by atoms with Crippen molar-refractivity contribution in [3.05, 3.63) is 83.6 Å². The van der Waals surface area contributed by atoms with Gasteiger partial charge >= 0.3 is 0 Å². The lowest BCUT2D eigenvalue weighted by Gasteiger charge is -2.10. The Hall–Kier alpha value is -3.24. The van der Waals surface area contributed by atoms with Gasteiger partial charge in [-0.2, -0.15) is 0 Å². The van der Waals surface area contributed by atoms with Crippen molar-refractivity contribution < 1.29 is 13.2 Å². The largest absolute Gasteiger partial charge is 0.439 e. The van der Waals surface area contributed by atoms with E-state index in [0.717, 1.165) is 10.3 Å². The zero-order chi connectivity index (χ0) is 21.1. The molecule has 0 saturated carbocycles. The van der Waals surface area contributed by atoms with Crippen molar-refractivity contribution in [3.8, 4) is 17.4 Å². The topological polar surface area (TPSA) is 99.0 Å². The summed E-state index contributed by atoms with van der Waals surface area (Å²) >= 11 is 3.29. The average molecular weight is 486 g/mol. The molecular formula is C20H16BrN5O3S. The molecule has 0 unspecified atom stereocenters. The van der Waals surface area contributed by atoms with E-state index >= 15 is 0 Å². The maximum atomic E-state index is 12.5. The Bertz CT molecular complexity index is 1270. The lowest BCUT2D eigenvalue weighted by molar-refractivity contribution is 0.461. The number of benzene rings is 2. The van der Waals surface area contributed by atoms with Crippen LogP contribution in [0.5, 0.6) is 11.6 Å². The predicted octanol–water partition coefficient (Wildman–Crippen LogP) is 4.33. The Kier molecular flexibility index (Phi) is 5.51. The first-order valence-corrected chi connectivity index (χ1v) is 11.1. The Morgan fingerprint density at radius 1 is 1.00 bits per heavy atom. The first kappa shape index (κ1) is 20.0. The summed E-state index contributed by atoms with van der Waals surface area (Å²) in [4.78, 5) is 12.7. The molecule has 0 aliphatic heterocycles. The molecule has 8 nitrogen and oxygen atoms in total. The lowest BCUT2D eigenvalue weighted by Crippen LogP contribution is -2.12. The first-order chi connectivity index (χ1) is 14.4. The molecule has 0 radical (unpaired) electrons. The van der Waals surface area contributed by atoms with Crippen LogP contribution >= 0.6 is 15.9 Å². The van der Waals surface area contributed by atoms with Crippen LogP contribution in [-0.4, -0.2) is 27.9 Å². The number of imidazole rings is 1. The van der Waals surface area contributed by atoms with Gasteiger partial charge in [-0.1, -0.05) is 15.9 Å². The molecule has 2 aromatic heterocycles. The number of sulfonamides is 1. The SMILES string of the molecule is Cc1nccn1-c1cc(Oc2ccc(NS(=O)(=O)c3ccc(Br)cc3)cc2)ncn1. The maximum Gasteiger partial charge on any atom is 0.261 e. The minimum absolute atomic E-state index is 0.175. The third-order valence-corrected chi connectivity index (χ3v) is 6.08. The van der Waals surface area contributed by atoms with E-state index in [1.54, 1.807) is 54.9 Å². The molecule has 0 amide bonds. The van der Waals surface area contributed by atoms with E-state index in [0.29, 0.717) is 23.1 Å². The van der Waals surface area contributed by atoms with E-state index in [1.165, 1.54) is 18.5 Å². The molecule has 0 saturated heterocycles. The van der Waals surface area contributed by atoms with Gasteiger partial charge in [0, 0.05) is 28.6 Å². The van der Waals surface area contributed by atoms with Crippen LogP contribution < -0.4 is 9.46 Å². The van der Waals surface area contributed by atoms with E-state index < -0.39 is 10.0 Å². The molecule has 152 valence electrons. The third kappa shape index (κ3) is 4.50. The fourth-order valence-electron chi connectivity index (χ4n) is 2.68. The standard InChI is InChI=1S/C20H16BrN5O3S/c1-14-22-10-11-26(14)19-12-20(24-13-23-19)29-17-6-4-16(5-7-17)25-30(27,28)18-8-2-15(21)3-9-18/h2-13,25H,1H3. The third-order valence-electron chi connectivity index (χ3n) is 4.15. The van der Waals surface area contributed by atoms with Gasteiger partial charge in [0.05, 0.1) is 4.90 Å². The van der Waals surface area contributed by atoms with Crippen LogP contribution in [-0.2, 0) is 10.0 Å². The Labute approximate surface area is 181 Å². The summed E-state index contributed by atoms with van der Waals surface area (Å²) in [5.41, 5.74) is 0.419. The van der Waals surface area contributed by atoms with Gasteiger partial charge in [-0.25, -0.2) is 23.4 Å². The molecule has 1 N–H and O–H groups in total. The van der Waals surface area contributed by atoms with Crippen molar-refractivity contribution in [3.63, 3.8) is 0 Å². The number of hydrogen-bond donors (Lipinski definition) is 1. The van der Waals surface area contributed by atoms with Crippen LogP contribution in [0.25, 0.3) is 5.82 Å². The van der Waals surface area contributed by atoms with E-state index in [2.05, 4.69) is 35.6 Å². The van der Waals surface area contributed by atoms with Gasteiger partial charge in [0.25, 0.3) is 10.0 Å². The van der Waals surface area contributed by atoms with E-state index in [1.807, 2.05) is 11.5 Å². The van der Waals surface area contributed by atoms with Crippen LogP contribution in [0.2, 0.25) is 0 Å². The van der Waals surface area contributed by atoms with Crippen LogP contribution in [0.4, 0.5) is 5.69 Å². The Balaban J connectivity index is 1.48. The summed E-state index contributed by atoms with van der Waals surface area (Å²) in [7, 11) is -3.68. The quantitative estimate of drug-likeness (QED) is 0.436. The molecule has 10 heteroatoms. The lowest BCUT2D eigenvalue weighted by atomic mass is 10.3. The minimum Gasteiger partial charge on any atom is -0.439 e. The number of ether oxygens (including phenoxy) is 1. The van der Waals surface area contributed by atoms with Crippen molar-refractivity contribution in [1.29, 1.82) is 0 Å². The second-order valence-corrected chi connectivity index (χ2v) is 8.84. The highest BCUT2D eigenvalue weighted by atomic mass is 79.9. The van der Waals surface area contributed by atoms with Crippen LogP contribution in [0.15, 0.2) is 82.7 Å². The van der Waals surface area contributed by atoms with Gasteiger partial charge < -0.3 is 4.74 Å². The van der Waals surface area contributed by atoms with Gasteiger partial charge in [0.1, 0.15) is 23.7 Å². The van der Waals surface area contributed by atoms with Crippen molar-refractivity contribution in [2.45, 2.75) is 11.8 Å². The van der Waals surface area contributed by atoms with Gasteiger partial charge in [-0.15, -0.1) is 0 Å².